The molecule has 5 rings (SSSR count). The quantitative estimate of drug-likeness (QED) is 0.285. The van der Waals surface area contributed by atoms with Crippen molar-refractivity contribution in [2.45, 2.75) is 31.1 Å². The van der Waals surface area contributed by atoms with Gasteiger partial charge in [0.15, 0.2) is 35.1 Å². The van der Waals surface area contributed by atoms with Crippen molar-refractivity contribution >= 4 is 46.1 Å². The molecule has 1 amide bonds. The highest BCUT2D eigenvalue weighted by atomic mass is 35.5. The van der Waals surface area contributed by atoms with Crippen LogP contribution in [0, 0.1) is 5.82 Å². The van der Waals surface area contributed by atoms with E-state index in [1.165, 1.54) is 48.5 Å². The van der Waals surface area contributed by atoms with Crippen molar-refractivity contribution in [3.63, 3.8) is 0 Å². The molecule has 0 saturated carbocycles. The summed E-state index contributed by atoms with van der Waals surface area (Å²) < 4.78 is 20.9. The maximum Gasteiger partial charge on any atom is 0.251 e. The molecule has 1 aromatic carbocycles. The summed E-state index contributed by atoms with van der Waals surface area (Å²) in [5.41, 5.74) is 1.50. The molecule has 37 heavy (non-hydrogen) atoms. The van der Waals surface area contributed by atoms with Crippen LogP contribution in [0.4, 0.5) is 10.2 Å². The zero-order valence-corrected chi connectivity index (χ0v) is 20.7. The summed E-state index contributed by atoms with van der Waals surface area (Å²) in [4.78, 5) is 29.7. The zero-order chi connectivity index (χ0) is 26.3. The molecule has 0 spiro atoms. The highest BCUT2D eigenvalue weighted by Gasteiger charge is 2.47. The molecule has 4 aromatic rings. The number of fused-ring (bicyclic) bond motifs is 1. The van der Waals surface area contributed by atoms with Crippen molar-refractivity contribution in [3.8, 4) is 11.4 Å². The van der Waals surface area contributed by atoms with Crippen LogP contribution in [0.15, 0.2) is 43.0 Å². The minimum absolute atomic E-state index is 0.114. The van der Waals surface area contributed by atoms with Gasteiger partial charge in [-0.15, -0.1) is 0 Å². The summed E-state index contributed by atoms with van der Waals surface area (Å²) in [6, 6.07) is 5.63. The van der Waals surface area contributed by atoms with Crippen molar-refractivity contribution in [3.05, 3.63) is 64.4 Å². The van der Waals surface area contributed by atoms with E-state index in [-0.39, 0.29) is 23.8 Å². The Bertz CT molecular complexity index is 1490. The number of nitrogens with one attached hydrogen (secondary N) is 2. The van der Waals surface area contributed by atoms with Crippen molar-refractivity contribution in [1.82, 2.24) is 29.8 Å². The Morgan fingerprint density at radius 3 is 2.76 bits per heavy atom. The number of amides is 1. The molecule has 4 atom stereocenters. The largest absolute Gasteiger partial charge is 0.387 e. The maximum atomic E-state index is 13.8. The van der Waals surface area contributed by atoms with Gasteiger partial charge in [0.05, 0.1) is 11.3 Å². The number of anilines is 1. The highest BCUT2D eigenvalue weighted by Crippen LogP contribution is 2.34. The number of aromatic nitrogens is 5. The monoisotopic (exact) mass is 547 g/mol. The van der Waals surface area contributed by atoms with Crippen molar-refractivity contribution in [2.75, 3.05) is 12.4 Å². The standard InChI is InChI=1S/C23H20Cl2FN7O4/c1-27-22(36)18-16(34)17(35)23(37-18)33-9-30-15-20(29-7-10-5-13(26)2-3-14(10)25)31-19(32-21(15)33)11-4-12(24)8-28-6-11/h2-6,8-9,16-18,23,34-35H,7H2,1H3,(H,27,36)(H,29,31,32)/t16-,17+,18-,23+/m0/s1. The lowest BCUT2D eigenvalue weighted by atomic mass is 10.1. The van der Waals surface area contributed by atoms with Crippen LogP contribution in [-0.2, 0) is 16.1 Å². The molecule has 192 valence electrons. The predicted molar refractivity (Wildman–Crippen MR) is 132 cm³/mol. The van der Waals surface area contributed by atoms with Crippen LogP contribution in [0.25, 0.3) is 22.6 Å². The van der Waals surface area contributed by atoms with Gasteiger partial charge in [0.2, 0.25) is 0 Å². The van der Waals surface area contributed by atoms with Crippen LogP contribution in [0.2, 0.25) is 10.0 Å². The fraction of sp³-hybridized carbons (Fsp3) is 0.261. The van der Waals surface area contributed by atoms with Gasteiger partial charge in [-0.3, -0.25) is 14.3 Å². The average molecular weight is 548 g/mol. The predicted octanol–water partition coefficient (Wildman–Crippen LogP) is 2.31. The normalized spacial score (nSPS) is 21.4. The second-order valence-electron chi connectivity index (χ2n) is 8.24. The molecule has 11 nitrogen and oxygen atoms in total. The van der Waals surface area contributed by atoms with Gasteiger partial charge in [-0.2, -0.15) is 0 Å². The first-order valence-corrected chi connectivity index (χ1v) is 11.8. The topological polar surface area (TPSA) is 147 Å². The second kappa shape index (κ2) is 10.1. The molecule has 0 bridgehead atoms. The summed E-state index contributed by atoms with van der Waals surface area (Å²) >= 11 is 12.3. The van der Waals surface area contributed by atoms with Gasteiger partial charge < -0.3 is 25.6 Å². The Hall–Kier alpha value is -3.42. The van der Waals surface area contributed by atoms with Gasteiger partial charge in [-0.25, -0.2) is 19.3 Å². The molecule has 1 aliphatic heterocycles. The van der Waals surface area contributed by atoms with E-state index in [1.54, 1.807) is 6.07 Å². The molecular weight excluding hydrogens is 528 g/mol. The molecule has 0 unspecified atom stereocenters. The van der Waals surface area contributed by atoms with E-state index in [1.807, 2.05) is 0 Å². The third-order valence-electron chi connectivity index (χ3n) is 5.86. The molecule has 14 heteroatoms. The molecule has 4 heterocycles. The summed E-state index contributed by atoms with van der Waals surface area (Å²) in [6.07, 6.45) is -1.06. The fourth-order valence-corrected chi connectivity index (χ4v) is 4.35. The molecule has 1 aliphatic rings. The fourth-order valence-electron chi connectivity index (χ4n) is 4.00. The van der Waals surface area contributed by atoms with Crippen molar-refractivity contribution in [1.29, 1.82) is 0 Å². The molecule has 0 radical (unpaired) electrons. The van der Waals surface area contributed by atoms with E-state index in [2.05, 4.69) is 30.6 Å². The minimum atomic E-state index is -1.48. The van der Waals surface area contributed by atoms with Crippen LogP contribution in [0.5, 0.6) is 0 Å². The third-order valence-corrected chi connectivity index (χ3v) is 6.43. The Labute approximate surface area is 219 Å². The summed E-state index contributed by atoms with van der Waals surface area (Å²) in [5, 5.41) is 27.3. The van der Waals surface area contributed by atoms with Crippen LogP contribution in [-0.4, -0.2) is 66.0 Å². The lowest BCUT2D eigenvalue weighted by Crippen LogP contribution is -2.41. The van der Waals surface area contributed by atoms with E-state index >= 15 is 0 Å². The number of benzene rings is 1. The van der Waals surface area contributed by atoms with E-state index in [0.717, 1.165) is 0 Å². The van der Waals surface area contributed by atoms with Crippen molar-refractivity contribution < 1.29 is 24.1 Å². The smallest absolute Gasteiger partial charge is 0.251 e. The van der Waals surface area contributed by atoms with Gasteiger partial charge in [-0.1, -0.05) is 23.2 Å². The van der Waals surface area contributed by atoms with Crippen LogP contribution in [0.3, 0.4) is 0 Å². The Morgan fingerprint density at radius 1 is 1.19 bits per heavy atom. The highest BCUT2D eigenvalue weighted by molar-refractivity contribution is 6.31. The molecule has 0 aliphatic carbocycles. The maximum absolute atomic E-state index is 13.8. The number of aliphatic hydroxyl groups excluding tert-OH is 2. The Kier molecular flexibility index (Phi) is 6.92. The second-order valence-corrected chi connectivity index (χ2v) is 9.09. The number of halogens is 3. The Morgan fingerprint density at radius 2 is 2.00 bits per heavy atom. The zero-order valence-electron chi connectivity index (χ0n) is 19.1. The number of carbonyl (C=O) groups is 1. The average Bonchev–Trinajstić information content (AvgIpc) is 3.44. The van der Waals surface area contributed by atoms with Crippen LogP contribution in [0.1, 0.15) is 11.8 Å². The first-order valence-electron chi connectivity index (χ1n) is 11.0. The van der Waals surface area contributed by atoms with E-state index in [4.69, 9.17) is 27.9 Å². The van der Waals surface area contributed by atoms with Crippen molar-refractivity contribution in [2.24, 2.45) is 0 Å². The van der Waals surface area contributed by atoms with Crippen LogP contribution < -0.4 is 10.6 Å². The Balaban J connectivity index is 1.59. The number of nitrogens with zero attached hydrogens (tertiary/aromatic N) is 5. The molecular formula is C23H20Cl2FN7O4. The summed E-state index contributed by atoms with van der Waals surface area (Å²) in [6.45, 7) is 0.114. The van der Waals surface area contributed by atoms with Gasteiger partial charge in [0.25, 0.3) is 5.91 Å². The molecule has 1 saturated heterocycles. The lowest BCUT2D eigenvalue weighted by molar-refractivity contribution is -0.137. The number of likely N-dealkylation sites (N-methyl/N-ethyl adjacent to an activating group) is 1. The minimum Gasteiger partial charge on any atom is -0.387 e. The molecule has 1 fully saturated rings. The summed E-state index contributed by atoms with van der Waals surface area (Å²) in [5.74, 6) is -0.545. The van der Waals surface area contributed by atoms with Gasteiger partial charge in [-0.05, 0) is 29.8 Å². The number of imidazole rings is 1. The van der Waals surface area contributed by atoms with Gasteiger partial charge >= 0.3 is 0 Å². The van der Waals surface area contributed by atoms with E-state index in [0.29, 0.717) is 26.7 Å². The molecule has 3 aromatic heterocycles. The summed E-state index contributed by atoms with van der Waals surface area (Å²) in [7, 11) is 1.39. The SMILES string of the molecule is CNC(=O)[C@H]1O[C@@H](n2cnc3c(NCc4cc(F)ccc4Cl)nc(-c4cncc(Cl)c4)nc32)[C@H](O)[C@@H]1O. The van der Waals surface area contributed by atoms with Gasteiger partial charge in [0.1, 0.15) is 18.0 Å². The first-order chi connectivity index (χ1) is 17.8. The lowest BCUT2D eigenvalue weighted by Gasteiger charge is -2.17. The number of hydrogen-bond acceptors (Lipinski definition) is 9. The number of hydrogen-bond donors (Lipinski definition) is 4. The number of ether oxygens (including phenoxy) is 1. The van der Waals surface area contributed by atoms with Gasteiger partial charge in [0, 0.05) is 36.6 Å². The third kappa shape index (κ3) is 4.81. The first kappa shape index (κ1) is 25.2. The van der Waals surface area contributed by atoms with Crippen LogP contribution >= 0.6 is 23.2 Å². The van der Waals surface area contributed by atoms with E-state index in [9.17, 15) is 19.4 Å². The number of pyridine rings is 1. The van der Waals surface area contributed by atoms with E-state index < -0.39 is 36.3 Å². The number of carbonyl (C=O) groups excluding carboxylic acids is 1. The number of rotatable bonds is 6. The number of aliphatic hydroxyl groups is 2. The molecule has 4 N–H and O–H groups in total.